The Bertz CT molecular complexity index is 622. The molecule has 0 bridgehead atoms. The normalized spacial score (nSPS) is 11.1. The molecular formula is C14H17F2N3OS. The van der Waals surface area contributed by atoms with E-state index in [4.69, 9.17) is 0 Å². The third kappa shape index (κ3) is 3.66. The average molecular weight is 313 g/mol. The fourth-order valence-corrected chi connectivity index (χ4v) is 2.93. The number of hydrogen-bond acceptors (Lipinski definition) is 3. The highest BCUT2D eigenvalue weighted by molar-refractivity contribution is 7.09. The molecule has 0 fully saturated rings. The van der Waals surface area contributed by atoms with Crippen LogP contribution in [-0.4, -0.2) is 22.0 Å². The fraction of sp³-hybridized carbons (Fsp3) is 0.429. The molecule has 0 saturated heterocycles. The molecule has 4 nitrogen and oxygen atoms in total. The first kappa shape index (κ1) is 15.6. The van der Waals surface area contributed by atoms with Gasteiger partial charge in [-0.3, -0.25) is 9.36 Å². The lowest BCUT2D eigenvalue weighted by Gasteiger charge is -2.10. The van der Waals surface area contributed by atoms with Crippen LogP contribution in [0, 0.1) is 13.8 Å². The van der Waals surface area contributed by atoms with Crippen molar-refractivity contribution in [2.24, 2.45) is 0 Å². The summed E-state index contributed by atoms with van der Waals surface area (Å²) in [4.78, 5) is 17.3. The number of nitrogens with one attached hydrogen (secondary N) is 1. The molecule has 0 spiro atoms. The Kier molecular flexibility index (Phi) is 5.06. The molecule has 2 heterocycles. The third-order valence-electron chi connectivity index (χ3n) is 3.26. The lowest BCUT2D eigenvalue weighted by molar-refractivity contribution is 0.0618. The van der Waals surface area contributed by atoms with Crippen molar-refractivity contribution in [2.75, 3.05) is 6.54 Å². The molecule has 0 atom stereocenters. The zero-order chi connectivity index (χ0) is 15.4. The molecule has 114 valence electrons. The van der Waals surface area contributed by atoms with Crippen LogP contribution in [0.1, 0.15) is 39.7 Å². The van der Waals surface area contributed by atoms with E-state index in [1.54, 1.807) is 23.8 Å². The number of carbonyl (C=O) groups excluding carboxylic acids is 1. The van der Waals surface area contributed by atoms with Crippen molar-refractivity contribution in [3.63, 3.8) is 0 Å². The van der Waals surface area contributed by atoms with Crippen LogP contribution in [0.15, 0.2) is 17.6 Å². The highest BCUT2D eigenvalue weighted by Gasteiger charge is 2.18. The summed E-state index contributed by atoms with van der Waals surface area (Å²) in [6.45, 7) is 1.24. The van der Waals surface area contributed by atoms with Gasteiger partial charge in [0.2, 0.25) is 0 Å². The number of hydrogen-bond donors (Lipinski definition) is 1. The van der Waals surface area contributed by atoms with Gasteiger partial charge in [0.25, 0.3) is 5.91 Å². The monoisotopic (exact) mass is 313 g/mol. The second-order valence-corrected chi connectivity index (χ2v) is 5.67. The molecule has 0 unspecified atom stereocenters. The van der Waals surface area contributed by atoms with Gasteiger partial charge in [-0.15, -0.1) is 11.3 Å². The Balaban J connectivity index is 1.86. The number of carbonyl (C=O) groups is 1. The maximum atomic E-state index is 12.9. The quantitative estimate of drug-likeness (QED) is 0.832. The van der Waals surface area contributed by atoms with E-state index in [1.165, 1.54) is 17.0 Å². The lowest BCUT2D eigenvalue weighted by atomic mass is 10.2. The van der Waals surface area contributed by atoms with Gasteiger partial charge in [0.05, 0.1) is 11.2 Å². The number of aromatic nitrogens is 2. The molecule has 21 heavy (non-hydrogen) atoms. The molecule has 7 heteroatoms. The van der Waals surface area contributed by atoms with E-state index in [1.807, 2.05) is 6.92 Å². The summed E-state index contributed by atoms with van der Waals surface area (Å²) in [6.07, 6.45) is 1.58. The van der Waals surface area contributed by atoms with Gasteiger partial charge in [0.15, 0.2) is 0 Å². The predicted octanol–water partition coefficient (Wildman–Crippen LogP) is 3.32. The minimum absolute atomic E-state index is 0.00327. The van der Waals surface area contributed by atoms with Gasteiger partial charge in [-0.25, -0.2) is 4.98 Å². The van der Waals surface area contributed by atoms with E-state index >= 15 is 0 Å². The summed E-state index contributed by atoms with van der Waals surface area (Å²) in [5.41, 5.74) is 3.17. The van der Waals surface area contributed by atoms with Crippen LogP contribution in [-0.2, 0) is 6.42 Å². The molecule has 0 saturated carbocycles. The maximum Gasteiger partial charge on any atom is 0.319 e. The van der Waals surface area contributed by atoms with E-state index in [0.29, 0.717) is 12.2 Å². The van der Waals surface area contributed by atoms with Crippen LogP contribution >= 0.6 is 11.3 Å². The SMILES string of the molecule is Cc1ncsc1CCCNC(=O)c1ccc(C)n1C(F)F. The van der Waals surface area contributed by atoms with Gasteiger partial charge >= 0.3 is 6.55 Å². The standard InChI is InChI=1S/C14H17F2N3OS/c1-9-5-6-11(19(9)14(15)16)13(20)17-7-3-4-12-10(2)18-8-21-12/h5-6,8,14H,3-4,7H2,1-2H3,(H,17,20). The summed E-state index contributed by atoms with van der Waals surface area (Å²) in [5.74, 6) is -0.468. The molecule has 0 aliphatic rings. The first-order chi connectivity index (χ1) is 10.0. The van der Waals surface area contributed by atoms with Gasteiger partial charge in [0.1, 0.15) is 5.69 Å². The van der Waals surface area contributed by atoms with Crippen molar-refractivity contribution in [2.45, 2.75) is 33.2 Å². The Morgan fingerprint density at radius 3 is 2.81 bits per heavy atom. The molecule has 2 rings (SSSR count). The molecule has 1 N–H and O–H groups in total. The highest BCUT2D eigenvalue weighted by atomic mass is 32.1. The van der Waals surface area contributed by atoms with Gasteiger partial charge < -0.3 is 5.32 Å². The summed E-state index contributed by atoms with van der Waals surface area (Å²) in [5, 5.41) is 2.68. The number of rotatable bonds is 6. The Labute approximate surface area is 125 Å². The summed E-state index contributed by atoms with van der Waals surface area (Å²) < 4.78 is 26.5. The highest BCUT2D eigenvalue weighted by Crippen LogP contribution is 2.18. The van der Waals surface area contributed by atoms with Crippen LogP contribution < -0.4 is 5.32 Å². The average Bonchev–Trinajstić information content (AvgIpc) is 3.00. The van der Waals surface area contributed by atoms with Crippen LogP contribution in [0.2, 0.25) is 0 Å². The number of halogens is 2. The number of amides is 1. The molecule has 0 aliphatic heterocycles. The van der Waals surface area contributed by atoms with Crippen molar-refractivity contribution < 1.29 is 13.6 Å². The summed E-state index contributed by atoms with van der Waals surface area (Å²) in [7, 11) is 0. The molecule has 2 aromatic rings. The first-order valence-corrected chi connectivity index (χ1v) is 7.52. The van der Waals surface area contributed by atoms with Crippen molar-refractivity contribution in [1.29, 1.82) is 0 Å². The van der Waals surface area contributed by atoms with Crippen molar-refractivity contribution in [1.82, 2.24) is 14.9 Å². The largest absolute Gasteiger partial charge is 0.351 e. The van der Waals surface area contributed by atoms with Crippen LogP contribution in [0.25, 0.3) is 0 Å². The van der Waals surface area contributed by atoms with Crippen LogP contribution in [0.5, 0.6) is 0 Å². The minimum Gasteiger partial charge on any atom is -0.351 e. The van der Waals surface area contributed by atoms with E-state index in [2.05, 4.69) is 10.3 Å². The maximum absolute atomic E-state index is 12.9. The van der Waals surface area contributed by atoms with Gasteiger partial charge in [0, 0.05) is 17.1 Å². The second kappa shape index (κ2) is 6.80. The molecule has 2 aromatic heterocycles. The van der Waals surface area contributed by atoms with E-state index in [0.717, 1.165) is 23.1 Å². The fourth-order valence-electron chi connectivity index (χ4n) is 2.10. The van der Waals surface area contributed by atoms with Gasteiger partial charge in [-0.2, -0.15) is 8.78 Å². The van der Waals surface area contributed by atoms with Crippen molar-refractivity contribution in [3.8, 4) is 0 Å². The second-order valence-electron chi connectivity index (χ2n) is 4.73. The van der Waals surface area contributed by atoms with Crippen molar-refractivity contribution >= 4 is 17.2 Å². The van der Waals surface area contributed by atoms with Crippen molar-refractivity contribution in [3.05, 3.63) is 39.6 Å². The van der Waals surface area contributed by atoms with Gasteiger partial charge in [-0.1, -0.05) is 0 Å². The smallest absolute Gasteiger partial charge is 0.319 e. The lowest BCUT2D eigenvalue weighted by Crippen LogP contribution is -2.27. The zero-order valence-electron chi connectivity index (χ0n) is 11.9. The van der Waals surface area contributed by atoms with E-state index in [-0.39, 0.29) is 5.69 Å². The molecule has 1 amide bonds. The molecular weight excluding hydrogens is 296 g/mol. The molecule has 0 aromatic carbocycles. The Morgan fingerprint density at radius 1 is 1.43 bits per heavy atom. The Hall–Kier alpha value is -1.76. The van der Waals surface area contributed by atoms with Crippen LogP contribution in [0.4, 0.5) is 8.78 Å². The summed E-state index contributed by atoms with van der Waals surface area (Å²) in [6, 6.07) is 2.94. The zero-order valence-corrected chi connectivity index (χ0v) is 12.7. The van der Waals surface area contributed by atoms with Gasteiger partial charge in [-0.05, 0) is 38.8 Å². The van der Waals surface area contributed by atoms with Crippen LogP contribution in [0.3, 0.4) is 0 Å². The number of alkyl halides is 2. The number of thiazole rings is 1. The van der Waals surface area contributed by atoms with E-state index in [9.17, 15) is 13.6 Å². The number of nitrogens with zero attached hydrogens (tertiary/aromatic N) is 2. The third-order valence-corrected chi connectivity index (χ3v) is 4.26. The van der Waals surface area contributed by atoms with E-state index < -0.39 is 12.5 Å². The first-order valence-electron chi connectivity index (χ1n) is 6.64. The molecule has 0 radical (unpaired) electrons. The molecule has 0 aliphatic carbocycles. The minimum atomic E-state index is -2.71. The predicted molar refractivity (Wildman–Crippen MR) is 77.9 cm³/mol. The summed E-state index contributed by atoms with van der Waals surface area (Å²) >= 11 is 1.59. The topological polar surface area (TPSA) is 46.9 Å². The number of aryl methyl sites for hydroxylation is 3. The Morgan fingerprint density at radius 2 is 2.19 bits per heavy atom.